The smallest absolute Gasteiger partial charge is 0.233 e. The van der Waals surface area contributed by atoms with Crippen molar-refractivity contribution in [1.29, 1.82) is 0 Å². The number of amides is 1. The Morgan fingerprint density at radius 3 is 2.25 bits per heavy atom. The van der Waals surface area contributed by atoms with E-state index in [2.05, 4.69) is 10.5 Å². The van der Waals surface area contributed by atoms with Crippen molar-refractivity contribution in [3.05, 3.63) is 0 Å². The fourth-order valence-electron chi connectivity index (χ4n) is 1.61. The highest BCUT2D eigenvalue weighted by Crippen LogP contribution is 2.26. The van der Waals surface area contributed by atoms with Crippen molar-refractivity contribution < 1.29 is 10.0 Å². The molecule has 1 amide bonds. The molecule has 16 heavy (non-hydrogen) atoms. The molecule has 0 radical (unpaired) electrons. The molecule has 0 saturated carbocycles. The second-order valence-electron chi connectivity index (χ2n) is 4.38. The first-order chi connectivity index (χ1) is 7.44. The molecule has 94 valence electrons. The van der Waals surface area contributed by atoms with Gasteiger partial charge in [-0.15, -0.1) is 0 Å². The molecule has 5 nitrogen and oxygen atoms in total. The molecule has 0 aromatic rings. The van der Waals surface area contributed by atoms with Crippen LogP contribution in [0.4, 0.5) is 0 Å². The molecular formula is C11H23N3O2. The minimum atomic E-state index is -0.885. The van der Waals surface area contributed by atoms with Crippen LogP contribution in [0.5, 0.6) is 0 Å². The van der Waals surface area contributed by atoms with Gasteiger partial charge < -0.3 is 16.3 Å². The highest BCUT2D eigenvalue weighted by Gasteiger charge is 2.39. The van der Waals surface area contributed by atoms with E-state index >= 15 is 0 Å². The van der Waals surface area contributed by atoms with E-state index in [-0.39, 0.29) is 11.7 Å². The summed E-state index contributed by atoms with van der Waals surface area (Å²) in [6.45, 7) is 8.35. The van der Waals surface area contributed by atoms with Crippen LogP contribution in [0.1, 0.15) is 40.5 Å². The fourth-order valence-corrected chi connectivity index (χ4v) is 1.61. The molecular weight excluding hydrogens is 206 g/mol. The monoisotopic (exact) mass is 229 g/mol. The van der Waals surface area contributed by atoms with E-state index in [1.807, 2.05) is 27.7 Å². The van der Waals surface area contributed by atoms with Crippen molar-refractivity contribution in [3.8, 4) is 0 Å². The van der Waals surface area contributed by atoms with Crippen molar-refractivity contribution in [3.63, 3.8) is 0 Å². The summed E-state index contributed by atoms with van der Waals surface area (Å²) in [5.41, 5.74) is 4.73. The molecule has 0 saturated heterocycles. The average molecular weight is 229 g/mol. The summed E-state index contributed by atoms with van der Waals surface area (Å²) in [5, 5.41) is 14.6. The maximum atomic E-state index is 12.0. The molecule has 0 atom stereocenters. The summed E-state index contributed by atoms with van der Waals surface area (Å²) in [7, 11) is 0. The Bertz CT molecular complexity index is 258. The zero-order chi connectivity index (χ0) is 12.8. The van der Waals surface area contributed by atoms with Crippen LogP contribution in [0.2, 0.25) is 0 Å². The lowest BCUT2D eigenvalue weighted by molar-refractivity contribution is -0.128. The topological polar surface area (TPSA) is 87.7 Å². The van der Waals surface area contributed by atoms with Gasteiger partial charge >= 0.3 is 0 Å². The lowest BCUT2D eigenvalue weighted by Gasteiger charge is -2.28. The molecule has 0 aliphatic carbocycles. The van der Waals surface area contributed by atoms with E-state index in [9.17, 15) is 4.79 Å². The number of oxime groups is 1. The normalized spacial score (nSPS) is 12.9. The predicted octanol–water partition coefficient (Wildman–Crippen LogP) is 1.31. The number of nitrogens with two attached hydrogens (primary N) is 1. The maximum absolute atomic E-state index is 12.0. The van der Waals surface area contributed by atoms with Gasteiger partial charge in [-0.1, -0.05) is 32.9 Å². The number of nitrogens with zero attached hydrogens (tertiary/aromatic N) is 1. The van der Waals surface area contributed by atoms with Crippen LogP contribution in [0.25, 0.3) is 0 Å². The first-order valence-corrected chi connectivity index (χ1v) is 5.70. The number of carbonyl (C=O) groups is 1. The zero-order valence-electron chi connectivity index (χ0n) is 10.6. The quantitative estimate of drug-likeness (QED) is 0.278. The number of hydrogen-bond donors (Lipinski definition) is 3. The first-order valence-electron chi connectivity index (χ1n) is 5.70. The lowest BCUT2D eigenvalue weighted by atomic mass is 9.80. The third-order valence-electron chi connectivity index (χ3n) is 2.91. The SMILES string of the molecule is CCC(CC)(C(=O)NCC(C)C)C(N)=NO. The maximum Gasteiger partial charge on any atom is 0.233 e. The molecule has 0 aromatic heterocycles. The van der Waals surface area contributed by atoms with Crippen molar-refractivity contribution in [2.75, 3.05) is 6.54 Å². The molecule has 0 aliphatic rings. The van der Waals surface area contributed by atoms with E-state index in [1.165, 1.54) is 0 Å². The van der Waals surface area contributed by atoms with Crippen LogP contribution in [-0.2, 0) is 4.79 Å². The second-order valence-corrected chi connectivity index (χ2v) is 4.38. The number of nitrogens with one attached hydrogen (secondary N) is 1. The van der Waals surface area contributed by atoms with Crippen molar-refractivity contribution in [2.45, 2.75) is 40.5 Å². The van der Waals surface area contributed by atoms with Gasteiger partial charge in [0, 0.05) is 6.54 Å². The molecule has 0 rings (SSSR count). The van der Waals surface area contributed by atoms with E-state index in [0.29, 0.717) is 25.3 Å². The molecule has 4 N–H and O–H groups in total. The summed E-state index contributed by atoms with van der Waals surface area (Å²) in [6, 6.07) is 0. The summed E-state index contributed by atoms with van der Waals surface area (Å²) in [6.07, 6.45) is 1.03. The standard InChI is InChI=1S/C11H23N3O2/c1-5-11(6-2,9(12)14-16)10(15)13-7-8(3)4/h8,16H,5-7H2,1-4H3,(H2,12,14)(H,13,15). The predicted molar refractivity (Wildman–Crippen MR) is 64.3 cm³/mol. The Kier molecular flexibility index (Phi) is 5.85. The molecule has 0 unspecified atom stereocenters. The van der Waals surface area contributed by atoms with Crippen LogP contribution in [0.15, 0.2) is 5.16 Å². The van der Waals surface area contributed by atoms with Crippen molar-refractivity contribution >= 4 is 11.7 Å². The Morgan fingerprint density at radius 2 is 1.94 bits per heavy atom. The van der Waals surface area contributed by atoms with Gasteiger partial charge in [0.25, 0.3) is 0 Å². The van der Waals surface area contributed by atoms with Gasteiger partial charge in [-0.3, -0.25) is 4.79 Å². The van der Waals surface area contributed by atoms with Crippen molar-refractivity contribution in [1.82, 2.24) is 5.32 Å². The van der Waals surface area contributed by atoms with E-state index in [1.54, 1.807) is 0 Å². The number of carbonyl (C=O) groups excluding carboxylic acids is 1. The Labute approximate surface area is 97.1 Å². The zero-order valence-corrected chi connectivity index (χ0v) is 10.6. The molecule has 0 heterocycles. The first kappa shape index (κ1) is 14.7. The second kappa shape index (κ2) is 6.35. The lowest BCUT2D eigenvalue weighted by Crippen LogP contribution is -2.49. The minimum absolute atomic E-state index is 0.0150. The van der Waals surface area contributed by atoms with Crippen LogP contribution in [0, 0.1) is 11.3 Å². The van der Waals surface area contributed by atoms with Crippen LogP contribution >= 0.6 is 0 Å². The molecule has 0 fully saturated rings. The summed E-state index contributed by atoms with van der Waals surface area (Å²) >= 11 is 0. The summed E-state index contributed by atoms with van der Waals surface area (Å²) in [4.78, 5) is 12.0. The highest BCUT2D eigenvalue weighted by molar-refractivity contribution is 6.06. The van der Waals surface area contributed by atoms with Crippen LogP contribution < -0.4 is 11.1 Å². The van der Waals surface area contributed by atoms with Crippen molar-refractivity contribution in [2.24, 2.45) is 22.2 Å². The number of amidine groups is 1. The minimum Gasteiger partial charge on any atom is -0.409 e. The van der Waals surface area contributed by atoms with E-state index in [0.717, 1.165) is 0 Å². The van der Waals surface area contributed by atoms with Crippen LogP contribution in [-0.4, -0.2) is 23.5 Å². The third kappa shape index (κ3) is 3.12. The third-order valence-corrected chi connectivity index (χ3v) is 2.91. The van der Waals surface area contributed by atoms with Gasteiger partial charge in [-0.2, -0.15) is 0 Å². The van der Waals surface area contributed by atoms with Gasteiger partial charge in [0.15, 0.2) is 5.84 Å². The van der Waals surface area contributed by atoms with Gasteiger partial charge in [0.1, 0.15) is 5.41 Å². The van der Waals surface area contributed by atoms with Gasteiger partial charge in [0.05, 0.1) is 0 Å². The highest BCUT2D eigenvalue weighted by atomic mass is 16.4. The Morgan fingerprint density at radius 1 is 1.44 bits per heavy atom. The summed E-state index contributed by atoms with van der Waals surface area (Å²) < 4.78 is 0. The van der Waals surface area contributed by atoms with Gasteiger partial charge in [-0.05, 0) is 18.8 Å². The Hall–Kier alpha value is -1.26. The van der Waals surface area contributed by atoms with E-state index < -0.39 is 5.41 Å². The number of hydrogen-bond acceptors (Lipinski definition) is 3. The largest absolute Gasteiger partial charge is 0.409 e. The van der Waals surface area contributed by atoms with Crippen LogP contribution in [0.3, 0.4) is 0 Å². The number of rotatable bonds is 6. The molecule has 0 aromatic carbocycles. The average Bonchev–Trinajstić information content (AvgIpc) is 2.28. The summed E-state index contributed by atoms with van der Waals surface area (Å²) in [5.74, 6) is 0.197. The van der Waals surface area contributed by atoms with E-state index in [4.69, 9.17) is 10.9 Å². The fraction of sp³-hybridized carbons (Fsp3) is 0.818. The molecule has 0 spiro atoms. The van der Waals surface area contributed by atoms with Gasteiger partial charge in [-0.25, -0.2) is 0 Å². The molecule has 0 aliphatic heterocycles. The van der Waals surface area contributed by atoms with Gasteiger partial charge in [0.2, 0.25) is 5.91 Å². The Balaban J connectivity index is 4.84. The molecule has 5 heteroatoms. The molecule has 0 bridgehead atoms.